The van der Waals surface area contributed by atoms with Gasteiger partial charge in [-0.25, -0.2) is 14.2 Å². The summed E-state index contributed by atoms with van der Waals surface area (Å²) in [6, 6.07) is 21.3. The van der Waals surface area contributed by atoms with E-state index in [1.165, 1.54) is 6.07 Å². The SMILES string of the molecule is CC1(c2ccc(Cl)cc2F)Oc2cccc(-c3ccc(Cc4nc5ccc(C(=O)O)cc5n4C[C@@H]4CCO4)c4cc[nH]c34)c2O1. The number of hydrogen-bond donors (Lipinski definition) is 2. The molecule has 1 fully saturated rings. The molecule has 2 aromatic heterocycles. The third-order valence-corrected chi connectivity index (χ3v) is 8.94. The molecule has 4 heterocycles. The first-order chi connectivity index (χ1) is 21.8. The smallest absolute Gasteiger partial charge is 0.335 e. The van der Waals surface area contributed by atoms with Gasteiger partial charge in [-0.05, 0) is 60.5 Å². The van der Waals surface area contributed by atoms with Crippen LogP contribution in [0.25, 0.3) is 33.1 Å². The molecule has 10 heteroatoms. The topological polar surface area (TPSA) is 98.6 Å². The summed E-state index contributed by atoms with van der Waals surface area (Å²) in [5.41, 5.74) is 5.67. The number of halogens is 2. The molecule has 1 unspecified atom stereocenters. The van der Waals surface area contributed by atoms with Crippen LogP contribution in [0.5, 0.6) is 11.5 Å². The van der Waals surface area contributed by atoms with Crippen LogP contribution in [0.3, 0.4) is 0 Å². The number of hydrogen-bond acceptors (Lipinski definition) is 5. The standard InChI is InChI=1S/C35H27ClFN3O5/c1-35(26-9-7-21(36)17-27(26)37)44-30-4-2-3-25(33(30)45-35)24-8-5-19(23-11-13-38-32(23)24)16-31-39-28-10-6-20(34(41)42)15-29(28)40(31)18-22-12-14-43-22/h2-11,13,15,17,22,38H,12,14,16,18H2,1H3,(H,41,42)/t22-,35?/m0/s1. The van der Waals surface area contributed by atoms with Crippen LogP contribution in [0, 0.1) is 5.82 Å². The molecular formula is C35H27ClFN3O5. The van der Waals surface area contributed by atoms with Crippen molar-refractivity contribution in [3.8, 4) is 22.6 Å². The summed E-state index contributed by atoms with van der Waals surface area (Å²) in [4.78, 5) is 20.0. The summed E-state index contributed by atoms with van der Waals surface area (Å²) < 4.78 is 35.3. The minimum Gasteiger partial charge on any atom is -0.478 e. The van der Waals surface area contributed by atoms with Crippen molar-refractivity contribution in [3.63, 3.8) is 0 Å². The van der Waals surface area contributed by atoms with Crippen molar-refractivity contribution in [2.45, 2.75) is 38.2 Å². The summed E-state index contributed by atoms with van der Waals surface area (Å²) in [6.45, 7) is 3.02. The van der Waals surface area contributed by atoms with Gasteiger partial charge in [0.05, 0.1) is 40.3 Å². The van der Waals surface area contributed by atoms with Crippen molar-refractivity contribution in [2.75, 3.05) is 6.61 Å². The number of nitrogens with one attached hydrogen (secondary N) is 1. The molecular weight excluding hydrogens is 597 g/mol. The van der Waals surface area contributed by atoms with Crippen molar-refractivity contribution in [3.05, 3.63) is 112 Å². The van der Waals surface area contributed by atoms with Gasteiger partial charge in [0.1, 0.15) is 11.6 Å². The van der Waals surface area contributed by atoms with Crippen LogP contribution in [0.2, 0.25) is 5.02 Å². The summed E-state index contributed by atoms with van der Waals surface area (Å²) in [6.07, 6.45) is 3.44. The molecule has 2 aliphatic rings. The van der Waals surface area contributed by atoms with Crippen LogP contribution in [-0.4, -0.2) is 38.3 Å². The number of aromatic carboxylic acids is 1. The van der Waals surface area contributed by atoms with Crippen molar-refractivity contribution in [1.82, 2.24) is 14.5 Å². The molecule has 8 nitrogen and oxygen atoms in total. The van der Waals surface area contributed by atoms with Crippen LogP contribution in [0.1, 0.15) is 40.7 Å². The van der Waals surface area contributed by atoms with Crippen LogP contribution in [-0.2, 0) is 23.5 Å². The molecule has 2 N–H and O–H groups in total. The lowest BCUT2D eigenvalue weighted by atomic mass is 9.97. The Morgan fingerprint density at radius 2 is 1.98 bits per heavy atom. The molecule has 0 amide bonds. The number of para-hydroxylation sites is 1. The zero-order valence-corrected chi connectivity index (χ0v) is 24.9. The average molecular weight is 624 g/mol. The Labute approximate surface area is 261 Å². The van der Waals surface area contributed by atoms with E-state index in [1.807, 2.05) is 36.5 Å². The molecule has 0 bridgehead atoms. The Balaban J connectivity index is 1.18. The second-order valence-electron chi connectivity index (χ2n) is 11.6. The third-order valence-electron chi connectivity index (χ3n) is 8.71. The van der Waals surface area contributed by atoms with Crippen molar-refractivity contribution >= 4 is 39.5 Å². The minimum atomic E-state index is -1.37. The number of fused-ring (bicyclic) bond motifs is 3. The lowest BCUT2D eigenvalue weighted by molar-refractivity contribution is -0.0705. The summed E-state index contributed by atoms with van der Waals surface area (Å²) in [7, 11) is 0. The molecule has 2 aliphatic heterocycles. The van der Waals surface area contributed by atoms with E-state index in [-0.39, 0.29) is 17.2 Å². The molecule has 226 valence electrons. The predicted octanol–water partition coefficient (Wildman–Crippen LogP) is 7.70. The number of carboxylic acid groups (broad SMARTS) is 1. The number of imidazole rings is 1. The average Bonchev–Trinajstić information content (AvgIpc) is 3.70. The highest BCUT2D eigenvalue weighted by Crippen LogP contribution is 2.50. The highest BCUT2D eigenvalue weighted by Gasteiger charge is 2.42. The molecule has 2 atom stereocenters. The quantitative estimate of drug-likeness (QED) is 0.189. The van der Waals surface area contributed by atoms with E-state index in [4.69, 9.17) is 30.8 Å². The molecule has 45 heavy (non-hydrogen) atoms. The number of carboxylic acids is 1. The maximum absolute atomic E-state index is 14.9. The maximum atomic E-state index is 14.9. The van der Waals surface area contributed by atoms with Crippen LogP contribution in [0.15, 0.2) is 79.0 Å². The molecule has 4 aromatic carbocycles. The van der Waals surface area contributed by atoms with E-state index in [1.54, 1.807) is 37.3 Å². The van der Waals surface area contributed by atoms with E-state index >= 15 is 0 Å². The predicted molar refractivity (Wildman–Crippen MR) is 168 cm³/mol. The van der Waals surface area contributed by atoms with Gasteiger partial charge >= 0.3 is 5.97 Å². The van der Waals surface area contributed by atoms with Gasteiger partial charge in [-0.2, -0.15) is 0 Å². The molecule has 0 radical (unpaired) electrons. The van der Waals surface area contributed by atoms with Gasteiger partial charge in [-0.15, -0.1) is 0 Å². The first-order valence-corrected chi connectivity index (χ1v) is 15.1. The molecule has 1 saturated heterocycles. The number of aromatic nitrogens is 3. The number of nitrogens with zero attached hydrogens (tertiary/aromatic N) is 2. The van der Waals surface area contributed by atoms with Gasteiger partial charge < -0.3 is 28.9 Å². The third kappa shape index (κ3) is 4.62. The van der Waals surface area contributed by atoms with Gasteiger partial charge in [-0.3, -0.25) is 0 Å². The van der Waals surface area contributed by atoms with E-state index in [9.17, 15) is 14.3 Å². The van der Waals surface area contributed by atoms with Gasteiger partial charge in [0.15, 0.2) is 11.5 Å². The number of aromatic amines is 1. The van der Waals surface area contributed by atoms with E-state index in [0.29, 0.717) is 29.5 Å². The highest BCUT2D eigenvalue weighted by atomic mass is 35.5. The first-order valence-electron chi connectivity index (χ1n) is 14.7. The molecule has 0 spiro atoms. The van der Waals surface area contributed by atoms with E-state index in [2.05, 4.69) is 15.6 Å². The Morgan fingerprint density at radius 1 is 1.11 bits per heavy atom. The fourth-order valence-corrected chi connectivity index (χ4v) is 6.51. The van der Waals surface area contributed by atoms with Crippen molar-refractivity contribution in [2.24, 2.45) is 0 Å². The monoisotopic (exact) mass is 623 g/mol. The minimum absolute atomic E-state index is 0.0683. The Hall–Kier alpha value is -4.86. The highest BCUT2D eigenvalue weighted by molar-refractivity contribution is 6.30. The lowest BCUT2D eigenvalue weighted by Gasteiger charge is -2.27. The van der Waals surface area contributed by atoms with E-state index in [0.717, 1.165) is 57.5 Å². The number of H-pyrrole nitrogens is 1. The molecule has 8 rings (SSSR count). The number of benzene rings is 4. The van der Waals surface area contributed by atoms with Crippen molar-refractivity contribution < 1.29 is 28.5 Å². The van der Waals surface area contributed by atoms with Gasteiger partial charge in [0, 0.05) is 47.7 Å². The Kier molecular flexibility index (Phi) is 6.37. The largest absolute Gasteiger partial charge is 0.478 e. The number of rotatable bonds is 7. The second kappa shape index (κ2) is 10.4. The normalized spacial score (nSPS) is 18.9. The Morgan fingerprint density at radius 3 is 2.76 bits per heavy atom. The van der Waals surface area contributed by atoms with Gasteiger partial charge in [-0.1, -0.05) is 35.9 Å². The summed E-state index contributed by atoms with van der Waals surface area (Å²) >= 11 is 5.99. The van der Waals surface area contributed by atoms with Crippen LogP contribution >= 0.6 is 11.6 Å². The number of carbonyl (C=O) groups is 1. The van der Waals surface area contributed by atoms with Crippen LogP contribution in [0.4, 0.5) is 4.39 Å². The molecule has 6 aromatic rings. The molecule has 0 aliphatic carbocycles. The van der Waals surface area contributed by atoms with E-state index < -0.39 is 17.6 Å². The maximum Gasteiger partial charge on any atom is 0.335 e. The zero-order valence-electron chi connectivity index (χ0n) is 24.1. The van der Waals surface area contributed by atoms with Gasteiger partial charge in [0.25, 0.3) is 5.79 Å². The summed E-state index contributed by atoms with van der Waals surface area (Å²) in [5, 5.41) is 10.9. The molecule has 0 saturated carbocycles. The Bertz CT molecular complexity index is 2150. The van der Waals surface area contributed by atoms with Crippen molar-refractivity contribution in [1.29, 1.82) is 0 Å². The van der Waals surface area contributed by atoms with Gasteiger partial charge in [0.2, 0.25) is 0 Å². The lowest BCUT2D eigenvalue weighted by Crippen LogP contribution is -2.32. The fraction of sp³-hybridized carbons (Fsp3) is 0.200. The fourth-order valence-electron chi connectivity index (χ4n) is 6.35. The second-order valence-corrected chi connectivity index (χ2v) is 12.0. The first kappa shape index (κ1) is 27.7. The zero-order chi connectivity index (χ0) is 30.9. The summed E-state index contributed by atoms with van der Waals surface area (Å²) in [5.74, 6) is -0.988. The number of ether oxygens (including phenoxy) is 3. The van der Waals surface area contributed by atoms with Crippen LogP contribution < -0.4 is 9.47 Å².